The highest BCUT2D eigenvalue weighted by atomic mass is 16.5. The Morgan fingerprint density at radius 2 is 1.64 bits per heavy atom. The number of ether oxygens (including phenoxy) is 2. The lowest BCUT2D eigenvalue weighted by atomic mass is 10.2. The number of benzene rings is 2. The summed E-state index contributed by atoms with van der Waals surface area (Å²) >= 11 is 0. The number of carbonyl (C=O) groups excluding carboxylic acids is 2. The van der Waals surface area contributed by atoms with Crippen LogP contribution < -0.4 is 10.1 Å². The summed E-state index contributed by atoms with van der Waals surface area (Å²) in [6, 6.07) is 15.9. The molecule has 0 fully saturated rings. The van der Waals surface area contributed by atoms with Gasteiger partial charge in [-0.2, -0.15) is 5.10 Å². The third-order valence-corrected chi connectivity index (χ3v) is 4.18. The summed E-state index contributed by atoms with van der Waals surface area (Å²) in [6.45, 7) is 3.27. The third kappa shape index (κ3) is 4.56. The van der Waals surface area contributed by atoms with Gasteiger partial charge >= 0.3 is 5.97 Å². The van der Waals surface area contributed by atoms with Crippen LogP contribution in [0, 0.1) is 13.8 Å². The summed E-state index contributed by atoms with van der Waals surface area (Å²) in [6.07, 6.45) is 0. The highest BCUT2D eigenvalue weighted by Gasteiger charge is 2.15. The SMILES string of the molecule is Cc1nn(C)c(C)c1NC(=O)COC(=O)c1ccc(Oc2ccccc2)cc1. The van der Waals surface area contributed by atoms with Gasteiger partial charge in [-0.15, -0.1) is 0 Å². The van der Waals surface area contributed by atoms with Crippen LogP contribution in [-0.2, 0) is 16.6 Å². The quantitative estimate of drug-likeness (QED) is 0.662. The van der Waals surface area contributed by atoms with Crippen molar-refractivity contribution in [2.45, 2.75) is 13.8 Å². The van der Waals surface area contributed by atoms with Crippen LogP contribution in [0.1, 0.15) is 21.7 Å². The minimum absolute atomic E-state index is 0.335. The largest absolute Gasteiger partial charge is 0.457 e. The van der Waals surface area contributed by atoms with E-state index in [4.69, 9.17) is 9.47 Å². The number of amides is 1. The molecule has 0 bridgehead atoms. The van der Waals surface area contributed by atoms with Gasteiger partial charge in [0, 0.05) is 7.05 Å². The molecule has 2 aromatic carbocycles. The van der Waals surface area contributed by atoms with E-state index in [1.807, 2.05) is 37.3 Å². The molecule has 0 atom stereocenters. The van der Waals surface area contributed by atoms with Crippen molar-refractivity contribution >= 4 is 17.6 Å². The van der Waals surface area contributed by atoms with Crippen LogP contribution in [0.25, 0.3) is 0 Å². The first-order valence-corrected chi connectivity index (χ1v) is 8.74. The van der Waals surface area contributed by atoms with E-state index in [0.29, 0.717) is 28.4 Å². The molecule has 0 unspecified atom stereocenters. The molecular formula is C21H21N3O4. The first-order valence-electron chi connectivity index (χ1n) is 8.74. The van der Waals surface area contributed by atoms with Crippen molar-refractivity contribution in [3.8, 4) is 11.5 Å². The molecule has 1 heterocycles. The summed E-state index contributed by atoms with van der Waals surface area (Å²) in [7, 11) is 1.79. The number of esters is 1. The van der Waals surface area contributed by atoms with E-state index < -0.39 is 11.9 Å². The molecule has 0 radical (unpaired) electrons. The Bertz CT molecular complexity index is 979. The molecule has 0 saturated carbocycles. The number of anilines is 1. The number of rotatable bonds is 6. The van der Waals surface area contributed by atoms with Crippen molar-refractivity contribution in [2.75, 3.05) is 11.9 Å². The second-order valence-corrected chi connectivity index (χ2v) is 6.23. The monoisotopic (exact) mass is 379 g/mol. The molecule has 144 valence electrons. The minimum atomic E-state index is -0.582. The number of nitrogens with one attached hydrogen (secondary N) is 1. The zero-order valence-electron chi connectivity index (χ0n) is 15.9. The predicted octanol–water partition coefficient (Wildman–Crippen LogP) is 3.62. The fourth-order valence-corrected chi connectivity index (χ4v) is 2.63. The molecule has 0 aliphatic carbocycles. The number of carbonyl (C=O) groups is 2. The predicted molar refractivity (Wildman–Crippen MR) is 105 cm³/mol. The Hall–Kier alpha value is -3.61. The van der Waals surface area contributed by atoms with Crippen LogP contribution in [-0.4, -0.2) is 28.3 Å². The summed E-state index contributed by atoms with van der Waals surface area (Å²) in [5, 5.41) is 6.95. The van der Waals surface area contributed by atoms with E-state index in [-0.39, 0.29) is 6.61 Å². The Kier molecular flexibility index (Phi) is 5.74. The molecule has 1 aromatic heterocycles. The second-order valence-electron chi connectivity index (χ2n) is 6.23. The highest BCUT2D eigenvalue weighted by Crippen LogP contribution is 2.21. The van der Waals surface area contributed by atoms with Crippen LogP contribution in [0.3, 0.4) is 0 Å². The number of nitrogens with zero attached hydrogens (tertiary/aromatic N) is 2. The van der Waals surface area contributed by atoms with Gasteiger partial charge in [0.1, 0.15) is 11.5 Å². The molecular weight excluding hydrogens is 358 g/mol. The molecule has 7 nitrogen and oxygen atoms in total. The molecule has 0 spiro atoms. The van der Waals surface area contributed by atoms with Crippen molar-refractivity contribution < 1.29 is 19.1 Å². The van der Waals surface area contributed by atoms with Crippen LogP contribution >= 0.6 is 0 Å². The highest BCUT2D eigenvalue weighted by molar-refractivity contribution is 5.96. The Morgan fingerprint density at radius 1 is 1.00 bits per heavy atom. The van der Waals surface area contributed by atoms with E-state index in [9.17, 15) is 9.59 Å². The standard InChI is InChI=1S/C21H21N3O4/c1-14-20(15(2)24(3)23-14)22-19(25)13-27-21(26)16-9-11-18(12-10-16)28-17-7-5-4-6-8-17/h4-12H,13H2,1-3H3,(H,22,25). The first kappa shape index (κ1) is 19.2. The number of aromatic nitrogens is 2. The summed E-state index contributed by atoms with van der Waals surface area (Å²) in [4.78, 5) is 24.2. The van der Waals surface area contributed by atoms with Crippen LogP contribution in [0.15, 0.2) is 54.6 Å². The molecule has 0 aliphatic rings. The second kappa shape index (κ2) is 8.39. The van der Waals surface area contributed by atoms with Gasteiger partial charge in [0.15, 0.2) is 6.61 Å². The maximum atomic E-state index is 12.1. The average molecular weight is 379 g/mol. The summed E-state index contributed by atoms with van der Waals surface area (Å²) in [5.74, 6) is 0.302. The molecule has 0 aliphatic heterocycles. The Balaban J connectivity index is 1.53. The van der Waals surface area contributed by atoms with E-state index >= 15 is 0 Å². The molecule has 28 heavy (non-hydrogen) atoms. The van der Waals surface area contributed by atoms with Gasteiger partial charge in [-0.05, 0) is 50.2 Å². The lowest BCUT2D eigenvalue weighted by Crippen LogP contribution is -2.21. The zero-order chi connectivity index (χ0) is 20.1. The van der Waals surface area contributed by atoms with Crippen LogP contribution in [0.5, 0.6) is 11.5 Å². The third-order valence-electron chi connectivity index (χ3n) is 4.18. The van der Waals surface area contributed by atoms with Crippen molar-refractivity contribution in [3.05, 3.63) is 71.5 Å². The van der Waals surface area contributed by atoms with Gasteiger partial charge in [0.25, 0.3) is 5.91 Å². The van der Waals surface area contributed by atoms with Crippen molar-refractivity contribution in [1.82, 2.24) is 9.78 Å². The van der Waals surface area contributed by atoms with E-state index in [1.165, 1.54) is 0 Å². The van der Waals surface area contributed by atoms with Gasteiger partial charge in [-0.3, -0.25) is 9.48 Å². The lowest BCUT2D eigenvalue weighted by Gasteiger charge is -2.08. The topological polar surface area (TPSA) is 82.5 Å². The molecule has 1 N–H and O–H groups in total. The van der Waals surface area contributed by atoms with Gasteiger partial charge < -0.3 is 14.8 Å². The van der Waals surface area contributed by atoms with E-state index in [2.05, 4.69) is 10.4 Å². The van der Waals surface area contributed by atoms with Gasteiger partial charge in [0.05, 0.1) is 22.6 Å². The zero-order valence-corrected chi connectivity index (χ0v) is 15.9. The molecule has 7 heteroatoms. The van der Waals surface area contributed by atoms with E-state index in [0.717, 1.165) is 5.69 Å². The summed E-state index contributed by atoms with van der Waals surface area (Å²) in [5.41, 5.74) is 2.49. The fourth-order valence-electron chi connectivity index (χ4n) is 2.63. The molecule has 3 aromatic rings. The van der Waals surface area contributed by atoms with Crippen LogP contribution in [0.4, 0.5) is 5.69 Å². The van der Waals surface area contributed by atoms with Gasteiger partial charge in [-0.25, -0.2) is 4.79 Å². The number of hydrogen-bond donors (Lipinski definition) is 1. The molecule has 1 amide bonds. The maximum absolute atomic E-state index is 12.1. The number of para-hydroxylation sites is 1. The number of hydrogen-bond acceptors (Lipinski definition) is 5. The normalized spacial score (nSPS) is 10.4. The van der Waals surface area contributed by atoms with Gasteiger partial charge in [0.2, 0.25) is 0 Å². The Morgan fingerprint density at radius 3 is 2.25 bits per heavy atom. The first-order chi connectivity index (χ1) is 13.4. The lowest BCUT2D eigenvalue weighted by molar-refractivity contribution is -0.119. The molecule has 3 rings (SSSR count). The Labute approximate surface area is 162 Å². The summed E-state index contributed by atoms with van der Waals surface area (Å²) < 4.78 is 12.4. The number of aryl methyl sites for hydroxylation is 2. The van der Waals surface area contributed by atoms with Gasteiger partial charge in [-0.1, -0.05) is 18.2 Å². The fraction of sp³-hybridized carbons (Fsp3) is 0.190. The van der Waals surface area contributed by atoms with Crippen molar-refractivity contribution in [3.63, 3.8) is 0 Å². The average Bonchev–Trinajstić information content (AvgIpc) is 2.93. The minimum Gasteiger partial charge on any atom is -0.457 e. The maximum Gasteiger partial charge on any atom is 0.338 e. The van der Waals surface area contributed by atoms with Crippen molar-refractivity contribution in [1.29, 1.82) is 0 Å². The van der Waals surface area contributed by atoms with E-state index in [1.54, 1.807) is 42.9 Å². The van der Waals surface area contributed by atoms with Crippen LogP contribution in [0.2, 0.25) is 0 Å². The smallest absolute Gasteiger partial charge is 0.338 e. The molecule has 0 saturated heterocycles. The van der Waals surface area contributed by atoms with Crippen molar-refractivity contribution in [2.24, 2.45) is 7.05 Å².